The molecule has 1 amide bonds. The Bertz CT molecular complexity index is 1250. The van der Waals surface area contributed by atoms with Gasteiger partial charge in [-0.05, 0) is 72.9 Å². The number of nitrogens with one attached hydrogen (secondary N) is 2. The molecule has 3 aliphatic rings. The van der Waals surface area contributed by atoms with Gasteiger partial charge in [0.25, 0.3) is 0 Å². The van der Waals surface area contributed by atoms with Crippen LogP contribution in [-0.2, 0) is 27.1 Å². The molecule has 5 atom stereocenters. The van der Waals surface area contributed by atoms with Gasteiger partial charge in [0.1, 0.15) is 0 Å². The summed E-state index contributed by atoms with van der Waals surface area (Å²) >= 11 is 0. The lowest BCUT2D eigenvalue weighted by atomic mass is 9.74. The number of amides is 1. The molecule has 1 aromatic heterocycles. The minimum absolute atomic E-state index is 0.0426. The van der Waals surface area contributed by atoms with Crippen molar-refractivity contribution in [3.63, 3.8) is 0 Å². The lowest BCUT2D eigenvalue weighted by molar-refractivity contribution is -0.137. The second kappa shape index (κ2) is 13.8. The van der Waals surface area contributed by atoms with Crippen molar-refractivity contribution in [3.05, 3.63) is 59.4 Å². The highest BCUT2D eigenvalue weighted by Crippen LogP contribution is 2.46. The number of pyridine rings is 1. The van der Waals surface area contributed by atoms with E-state index in [4.69, 9.17) is 9.47 Å². The Morgan fingerprint density at radius 3 is 2.84 bits per heavy atom. The number of halogens is 3. The number of aromatic nitrogens is 1. The minimum Gasteiger partial charge on any atom is -0.381 e. The van der Waals surface area contributed by atoms with Gasteiger partial charge >= 0.3 is 6.18 Å². The van der Waals surface area contributed by atoms with Gasteiger partial charge in [-0.25, -0.2) is 0 Å². The molecule has 5 rings (SSSR count). The SMILES string of the molecule is CCC1(C)CC=Nc2ccc(C(F)(F)F)cc2C1NCC(=O)NC1CN(C2CCCOCC2)C[C@@H]1OCc1cccnc1. The molecule has 8 nitrogen and oxygen atoms in total. The molecule has 234 valence electrons. The van der Waals surface area contributed by atoms with Crippen LogP contribution in [0.25, 0.3) is 0 Å². The molecule has 2 N–H and O–H groups in total. The predicted molar refractivity (Wildman–Crippen MR) is 158 cm³/mol. The summed E-state index contributed by atoms with van der Waals surface area (Å²) in [5.41, 5.74) is 0.760. The van der Waals surface area contributed by atoms with Crippen LogP contribution in [0.3, 0.4) is 0 Å². The molecule has 0 radical (unpaired) electrons. The van der Waals surface area contributed by atoms with E-state index < -0.39 is 23.2 Å². The maximum Gasteiger partial charge on any atom is 0.416 e. The smallest absolute Gasteiger partial charge is 0.381 e. The van der Waals surface area contributed by atoms with E-state index in [0.717, 1.165) is 44.1 Å². The van der Waals surface area contributed by atoms with Gasteiger partial charge in [0, 0.05) is 57.0 Å². The maximum absolute atomic E-state index is 13.6. The Hall–Kier alpha value is -2.86. The summed E-state index contributed by atoms with van der Waals surface area (Å²) < 4.78 is 53.0. The number of rotatable bonds is 9. The van der Waals surface area contributed by atoms with Crippen molar-refractivity contribution in [2.24, 2.45) is 10.4 Å². The average Bonchev–Trinajstić information content (AvgIpc) is 3.13. The lowest BCUT2D eigenvalue weighted by Gasteiger charge is -2.37. The third kappa shape index (κ3) is 7.81. The molecule has 43 heavy (non-hydrogen) atoms. The van der Waals surface area contributed by atoms with Crippen LogP contribution >= 0.6 is 0 Å². The van der Waals surface area contributed by atoms with E-state index in [-0.39, 0.29) is 24.6 Å². The summed E-state index contributed by atoms with van der Waals surface area (Å²) in [6.45, 7) is 7.24. The van der Waals surface area contributed by atoms with Crippen molar-refractivity contribution in [3.8, 4) is 0 Å². The van der Waals surface area contributed by atoms with Crippen molar-refractivity contribution in [1.82, 2.24) is 20.5 Å². The molecular weight excluding hydrogens is 559 g/mol. The number of benzene rings is 1. The molecule has 0 bridgehead atoms. The van der Waals surface area contributed by atoms with Crippen molar-refractivity contribution < 1.29 is 27.4 Å². The number of ether oxygens (including phenoxy) is 2. The van der Waals surface area contributed by atoms with Gasteiger partial charge in [0.05, 0.1) is 36.5 Å². The standard InChI is InChI=1S/C32H42F3N5O3/c1-3-31(2)11-13-37-26-9-8-23(32(33,34)35)16-25(26)30(31)38-18-29(41)39-27-19-40(24-7-5-14-42-15-10-24)20-28(27)43-21-22-6-4-12-36-17-22/h4,6,8-9,12-13,16-17,24,27-28,30,38H,3,5,7,10-11,14-15,18-21H2,1-2H3,(H,39,41)/t24?,27?,28-,30?,31?/m0/s1. The highest BCUT2D eigenvalue weighted by molar-refractivity contribution is 5.78. The summed E-state index contributed by atoms with van der Waals surface area (Å²) in [5, 5.41) is 6.51. The number of fused-ring (bicyclic) bond motifs is 1. The Labute approximate surface area is 251 Å². The zero-order chi connectivity index (χ0) is 30.5. The highest BCUT2D eigenvalue weighted by Gasteiger charge is 2.40. The van der Waals surface area contributed by atoms with Crippen LogP contribution < -0.4 is 10.6 Å². The van der Waals surface area contributed by atoms with E-state index in [0.29, 0.717) is 49.8 Å². The summed E-state index contributed by atoms with van der Waals surface area (Å²) in [7, 11) is 0. The average molecular weight is 602 g/mol. The first-order chi connectivity index (χ1) is 20.7. The number of aliphatic imine (C=N–C) groups is 1. The molecule has 0 spiro atoms. The number of alkyl halides is 3. The van der Waals surface area contributed by atoms with E-state index >= 15 is 0 Å². The van der Waals surface area contributed by atoms with Crippen molar-refractivity contribution in [2.75, 3.05) is 32.8 Å². The second-order valence-electron chi connectivity index (χ2n) is 12.1. The van der Waals surface area contributed by atoms with Crippen LogP contribution in [0.5, 0.6) is 0 Å². The van der Waals surface area contributed by atoms with Crippen LogP contribution in [0.4, 0.5) is 18.9 Å². The number of carbonyl (C=O) groups excluding carboxylic acids is 1. The normalized spacial score (nSPS) is 28.2. The first-order valence-corrected chi connectivity index (χ1v) is 15.2. The van der Waals surface area contributed by atoms with E-state index in [2.05, 4.69) is 25.5 Å². The predicted octanol–water partition coefficient (Wildman–Crippen LogP) is 5.21. The largest absolute Gasteiger partial charge is 0.416 e. The Kier molecular flexibility index (Phi) is 10.2. The van der Waals surface area contributed by atoms with Gasteiger partial charge in [0.2, 0.25) is 5.91 Å². The van der Waals surface area contributed by atoms with Gasteiger partial charge < -0.3 is 20.1 Å². The van der Waals surface area contributed by atoms with Crippen LogP contribution in [0.2, 0.25) is 0 Å². The van der Waals surface area contributed by atoms with Gasteiger partial charge in [-0.1, -0.05) is 19.9 Å². The van der Waals surface area contributed by atoms with Crippen molar-refractivity contribution >= 4 is 17.8 Å². The Morgan fingerprint density at radius 1 is 1.21 bits per heavy atom. The van der Waals surface area contributed by atoms with Gasteiger partial charge in [-0.2, -0.15) is 13.2 Å². The summed E-state index contributed by atoms with van der Waals surface area (Å²) in [4.78, 5) is 24.5. The van der Waals surface area contributed by atoms with Crippen molar-refractivity contribution in [2.45, 2.75) is 83.0 Å². The van der Waals surface area contributed by atoms with Gasteiger partial charge in [0.15, 0.2) is 0 Å². The molecular formula is C32H42F3N5O3. The Balaban J connectivity index is 1.29. The van der Waals surface area contributed by atoms with E-state index in [1.165, 1.54) is 12.1 Å². The summed E-state index contributed by atoms with van der Waals surface area (Å²) in [6.07, 6.45) is 4.83. The third-order valence-corrected chi connectivity index (χ3v) is 9.19. The quantitative estimate of drug-likeness (QED) is 0.411. The van der Waals surface area contributed by atoms with Gasteiger partial charge in [-0.3, -0.25) is 19.7 Å². The monoisotopic (exact) mass is 601 g/mol. The molecule has 2 saturated heterocycles. The molecule has 0 aliphatic carbocycles. The molecule has 4 unspecified atom stereocenters. The Morgan fingerprint density at radius 2 is 2.07 bits per heavy atom. The second-order valence-corrected chi connectivity index (χ2v) is 12.1. The summed E-state index contributed by atoms with van der Waals surface area (Å²) in [5.74, 6) is -0.219. The van der Waals surface area contributed by atoms with E-state index in [9.17, 15) is 18.0 Å². The van der Waals surface area contributed by atoms with Crippen molar-refractivity contribution in [1.29, 1.82) is 0 Å². The van der Waals surface area contributed by atoms with Crippen LogP contribution in [-0.4, -0.2) is 73.0 Å². The molecule has 0 saturated carbocycles. The van der Waals surface area contributed by atoms with Crippen LogP contribution in [0.1, 0.15) is 68.7 Å². The zero-order valence-electron chi connectivity index (χ0n) is 24.9. The number of nitrogens with zero attached hydrogens (tertiary/aromatic N) is 3. The molecule has 4 heterocycles. The fourth-order valence-electron chi connectivity index (χ4n) is 6.43. The minimum atomic E-state index is -4.47. The fraction of sp³-hybridized carbons (Fsp3) is 0.594. The van der Waals surface area contributed by atoms with Crippen LogP contribution in [0.15, 0.2) is 47.7 Å². The number of hydrogen-bond donors (Lipinski definition) is 2. The molecule has 1 aromatic carbocycles. The molecule has 11 heteroatoms. The zero-order valence-corrected chi connectivity index (χ0v) is 24.9. The number of carbonyl (C=O) groups is 1. The van der Waals surface area contributed by atoms with E-state index in [1.807, 2.05) is 26.0 Å². The topological polar surface area (TPSA) is 88.1 Å². The maximum atomic E-state index is 13.6. The first-order valence-electron chi connectivity index (χ1n) is 15.2. The van der Waals surface area contributed by atoms with Crippen LogP contribution in [0, 0.1) is 5.41 Å². The van der Waals surface area contributed by atoms with Gasteiger partial charge in [-0.15, -0.1) is 0 Å². The summed E-state index contributed by atoms with van der Waals surface area (Å²) in [6, 6.07) is 7.13. The molecule has 3 aliphatic heterocycles. The third-order valence-electron chi connectivity index (χ3n) is 9.19. The molecule has 2 aromatic rings. The number of hydrogen-bond acceptors (Lipinski definition) is 7. The lowest BCUT2D eigenvalue weighted by Crippen LogP contribution is -2.48. The highest BCUT2D eigenvalue weighted by atomic mass is 19.4. The fourth-order valence-corrected chi connectivity index (χ4v) is 6.43. The first kappa shape index (κ1) is 31.6. The van der Waals surface area contributed by atoms with E-state index in [1.54, 1.807) is 18.6 Å². The number of likely N-dealkylation sites (tertiary alicyclic amines) is 1. The molecule has 2 fully saturated rings.